The number of aryl methyl sites for hydroxylation is 1. The summed E-state index contributed by atoms with van der Waals surface area (Å²) in [6.07, 6.45) is 6.78. The lowest BCUT2D eigenvalue weighted by Crippen LogP contribution is -2.38. The summed E-state index contributed by atoms with van der Waals surface area (Å²) in [4.78, 5) is 23.8. The van der Waals surface area contributed by atoms with E-state index in [0.29, 0.717) is 5.56 Å². The van der Waals surface area contributed by atoms with Gasteiger partial charge in [-0.25, -0.2) is 9.97 Å². The van der Waals surface area contributed by atoms with Crippen LogP contribution >= 0.6 is 11.3 Å². The van der Waals surface area contributed by atoms with Crippen molar-refractivity contribution in [2.24, 2.45) is 7.05 Å². The summed E-state index contributed by atoms with van der Waals surface area (Å²) < 4.78 is 1.96. The number of piperidine rings is 1. The fraction of sp³-hybridized carbons (Fsp3) is 0.353. The van der Waals surface area contributed by atoms with E-state index in [1.54, 1.807) is 17.7 Å². The van der Waals surface area contributed by atoms with E-state index < -0.39 is 0 Å². The highest BCUT2D eigenvalue weighted by Crippen LogP contribution is 2.33. The van der Waals surface area contributed by atoms with E-state index in [1.807, 2.05) is 46.3 Å². The average Bonchev–Trinajstić information content (AvgIpc) is 3.24. The van der Waals surface area contributed by atoms with Crippen LogP contribution in [-0.2, 0) is 7.05 Å². The van der Waals surface area contributed by atoms with Crippen molar-refractivity contribution in [3.63, 3.8) is 0 Å². The lowest BCUT2D eigenvalue weighted by molar-refractivity contribution is 0.0611. The van der Waals surface area contributed by atoms with Gasteiger partial charge in [0.15, 0.2) is 0 Å². The Labute approximate surface area is 138 Å². The number of hydrogen-bond acceptors (Lipinski definition) is 4. The third-order valence-corrected chi connectivity index (χ3v) is 5.35. The Morgan fingerprint density at radius 2 is 2.22 bits per heavy atom. The minimum Gasteiger partial charge on any atom is -0.334 e. The maximum Gasteiger partial charge on any atom is 0.254 e. The van der Waals surface area contributed by atoms with Crippen LogP contribution in [0.5, 0.6) is 0 Å². The smallest absolute Gasteiger partial charge is 0.254 e. The third kappa shape index (κ3) is 2.53. The van der Waals surface area contributed by atoms with Crippen LogP contribution < -0.4 is 0 Å². The van der Waals surface area contributed by atoms with Gasteiger partial charge >= 0.3 is 0 Å². The van der Waals surface area contributed by atoms with Crippen LogP contribution in [0.3, 0.4) is 0 Å². The predicted molar refractivity (Wildman–Crippen MR) is 90.5 cm³/mol. The SMILES string of the molecule is Cn1cnc2cc(C(=O)N3CCCCC3c3nccs3)ccc21. The second-order valence-electron chi connectivity index (χ2n) is 5.94. The molecule has 0 radical (unpaired) electrons. The highest BCUT2D eigenvalue weighted by atomic mass is 32.1. The van der Waals surface area contributed by atoms with Gasteiger partial charge < -0.3 is 9.47 Å². The molecule has 5 nitrogen and oxygen atoms in total. The number of amides is 1. The standard InChI is InChI=1S/C17H18N4OS/c1-20-11-19-13-10-12(5-6-14(13)20)17(22)21-8-3-2-4-15(21)16-18-7-9-23-16/h5-7,9-11,15H,2-4,8H2,1H3. The van der Waals surface area contributed by atoms with E-state index in [4.69, 9.17) is 0 Å². The number of carbonyl (C=O) groups is 1. The van der Waals surface area contributed by atoms with Crippen molar-refractivity contribution < 1.29 is 4.79 Å². The first kappa shape index (κ1) is 14.4. The molecule has 1 aliphatic rings. The molecule has 1 saturated heterocycles. The minimum atomic E-state index is 0.0810. The molecule has 0 spiro atoms. The van der Waals surface area contributed by atoms with Crippen LogP contribution in [-0.4, -0.2) is 31.9 Å². The van der Waals surface area contributed by atoms with Crippen molar-refractivity contribution >= 4 is 28.3 Å². The van der Waals surface area contributed by atoms with Gasteiger partial charge in [-0.1, -0.05) is 0 Å². The van der Waals surface area contributed by atoms with Crippen LogP contribution in [0.1, 0.15) is 40.7 Å². The molecule has 1 amide bonds. The van der Waals surface area contributed by atoms with Gasteiger partial charge in [0.25, 0.3) is 5.91 Å². The van der Waals surface area contributed by atoms with E-state index in [-0.39, 0.29) is 11.9 Å². The fourth-order valence-corrected chi connectivity index (χ4v) is 4.05. The maximum absolute atomic E-state index is 13.0. The van der Waals surface area contributed by atoms with Crippen LogP contribution in [0.25, 0.3) is 11.0 Å². The van der Waals surface area contributed by atoms with Crippen LogP contribution in [0, 0.1) is 0 Å². The molecule has 6 heteroatoms. The summed E-state index contributed by atoms with van der Waals surface area (Å²) in [5.41, 5.74) is 2.61. The Kier molecular flexibility index (Phi) is 3.61. The molecular weight excluding hydrogens is 308 g/mol. The molecule has 1 aromatic carbocycles. The molecule has 118 valence electrons. The second-order valence-corrected chi connectivity index (χ2v) is 6.87. The Bertz CT molecular complexity index is 840. The zero-order valence-corrected chi connectivity index (χ0v) is 13.8. The largest absolute Gasteiger partial charge is 0.334 e. The summed E-state index contributed by atoms with van der Waals surface area (Å²) >= 11 is 1.63. The zero-order chi connectivity index (χ0) is 15.8. The van der Waals surface area contributed by atoms with E-state index in [2.05, 4.69) is 9.97 Å². The number of aromatic nitrogens is 3. The second kappa shape index (κ2) is 5.77. The molecule has 1 atom stereocenters. The van der Waals surface area contributed by atoms with Crippen molar-refractivity contribution in [2.45, 2.75) is 25.3 Å². The van der Waals surface area contributed by atoms with Crippen molar-refractivity contribution in [1.29, 1.82) is 0 Å². The molecule has 23 heavy (non-hydrogen) atoms. The summed E-state index contributed by atoms with van der Waals surface area (Å²) in [6, 6.07) is 5.87. The van der Waals surface area contributed by atoms with E-state index >= 15 is 0 Å². The summed E-state index contributed by atoms with van der Waals surface area (Å²) in [5, 5.41) is 3.02. The quantitative estimate of drug-likeness (QED) is 0.725. The van der Waals surface area contributed by atoms with Crippen LogP contribution in [0.2, 0.25) is 0 Å². The molecule has 3 heterocycles. The Morgan fingerprint density at radius 3 is 3.04 bits per heavy atom. The van der Waals surface area contributed by atoms with Crippen LogP contribution in [0.15, 0.2) is 36.1 Å². The van der Waals surface area contributed by atoms with Gasteiger partial charge in [-0.05, 0) is 37.5 Å². The predicted octanol–water partition coefficient (Wildman–Crippen LogP) is 3.40. The normalized spacial score (nSPS) is 18.5. The first-order chi connectivity index (χ1) is 11.2. The number of benzene rings is 1. The lowest BCUT2D eigenvalue weighted by atomic mass is 10.0. The number of fused-ring (bicyclic) bond motifs is 1. The number of rotatable bonds is 2. The molecule has 4 rings (SSSR count). The van der Waals surface area contributed by atoms with Gasteiger partial charge in [-0.15, -0.1) is 11.3 Å². The third-order valence-electron chi connectivity index (χ3n) is 4.47. The number of hydrogen-bond donors (Lipinski definition) is 0. The Balaban J connectivity index is 1.67. The molecule has 0 aliphatic carbocycles. The van der Waals surface area contributed by atoms with Gasteiger partial charge in [-0.2, -0.15) is 0 Å². The highest BCUT2D eigenvalue weighted by Gasteiger charge is 2.30. The molecule has 1 fully saturated rings. The average molecular weight is 326 g/mol. The molecule has 0 saturated carbocycles. The molecule has 3 aromatic rings. The van der Waals surface area contributed by atoms with Gasteiger partial charge in [0.1, 0.15) is 5.01 Å². The Hall–Kier alpha value is -2.21. The van der Waals surface area contributed by atoms with Crippen molar-refractivity contribution in [3.8, 4) is 0 Å². The monoisotopic (exact) mass is 326 g/mol. The van der Waals surface area contributed by atoms with E-state index in [1.165, 1.54) is 0 Å². The number of imidazole rings is 1. The number of nitrogens with zero attached hydrogens (tertiary/aromatic N) is 4. The van der Waals surface area contributed by atoms with E-state index in [9.17, 15) is 4.79 Å². The van der Waals surface area contributed by atoms with Crippen molar-refractivity contribution in [1.82, 2.24) is 19.4 Å². The van der Waals surface area contributed by atoms with Gasteiger partial charge in [0.05, 0.1) is 23.4 Å². The first-order valence-electron chi connectivity index (χ1n) is 7.85. The topological polar surface area (TPSA) is 51.0 Å². The first-order valence-corrected chi connectivity index (χ1v) is 8.73. The summed E-state index contributed by atoms with van der Waals surface area (Å²) in [5.74, 6) is 0.0810. The van der Waals surface area contributed by atoms with Gasteiger partial charge in [0, 0.05) is 30.7 Å². The lowest BCUT2D eigenvalue weighted by Gasteiger charge is -2.34. The molecular formula is C17H18N4OS. The zero-order valence-electron chi connectivity index (χ0n) is 13.0. The molecule has 1 aliphatic heterocycles. The maximum atomic E-state index is 13.0. The minimum absolute atomic E-state index is 0.0810. The van der Waals surface area contributed by atoms with Gasteiger partial charge in [-0.3, -0.25) is 4.79 Å². The summed E-state index contributed by atoms with van der Waals surface area (Å²) in [6.45, 7) is 0.795. The highest BCUT2D eigenvalue weighted by molar-refractivity contribution is 7.09. The number of likely N-dealkylation sites (tertiary alicyclic amines) is 1. The van der Waals surface area contributed by atoms with E-state index in [0.717, 1.165) is 41.8 Å². The fourth-order valence-electron chi connectivity index (χ4n) is 3.27. The van der Waals surface area contributed by atoms with Crippen LogP contribution in [0.4, 0.5) is 0 Å². The van der Waals surface area contributed by atoms with Gasteiger partial charge in [0.2, 0.25) is 0 Å². The molecule has 1 unspecified atom stereocenters. The summed E-state index contributed by atoms with van der Waals surface area (Å²) in [7, 11) is 1.96. The Morgan fingerprint density at radius 1 is 1.30 bits per heavy atom. The van der Waals surface area contributed by atoms with Crippen molar-refractivity contribution in [2.75, 3.05) is 6.54 Å². The number of carbonyl (C=O) groups excluding carboxylic acids is 1. The molecule has 2 aromatic heterocycles. The van der Waals surface area contributed by atoms with Crippen molar-refractivity contribution in [3.05, 3.63) is 46.7 Å². The number of thiazole rings is 1. The molecule has 0 bridgehead atoms. The molecule has 0 N–H and O–H groups in total.